The van der Waals surface area contributed by atoms with Gasteiger partial charge in [0, 0.05) is 16.9 Å². The molecule has 0 amide bonds. The molecule has 0 bridgehead atoms. The Bertz CT molecular complexity index is 705. The van der Waals surface area contributed by atoms with Crippen molar-refractivity contribution < 1.29 is 13.6 Å². The molecule has 0 fully saturated rings. The Labute approximate surface area is 119 Å². The van der Waals surface area contributed by atoms with Gasteiger partial charge < -0.3 is 0 Å². The van der Waals surface area contributed by atoms with Crippen LogP contribution >= 0.6 is 11.8 Å². The summed E-state index contributed by atoms with van der Waals surface area (Å²) in [6.07, 6.45) is 1.72. The molecule has 20 heavy (non-hydrogen) atoms. The maximum absolute atomic E-state index is 13.6. The van der Waals surface area contributed by atoms with Crippen LogP contribution in [-0.2, 0) is 0 Å². The number of carbonyl (C=O) groups excluding carboxylic acids is 1. The number of Topliss-reactive ketones (excluding diaryl/α,β-unsaturated/α-hetero) is 1. The van der Waals surface area contributed by atoms with E-state index < -0.39 is 0 Å². The monoisotopic (exact) mass is 288 g/mol. The highest BCUT2D eigenvalue weighted by Crippen LogP contribution is 2.35. The highest BCUT2D eigenvalue weighted by Gasteiger charge is 2.24. The van der Waals surface area contributed by atoms with Crippen LogP contribution in [-0.4, -0.2) is 11.5 Å². The summed E-state index contributed by atoms with van der Waals surface area (Å²) >= 11 is 1.31. The zero-order valence-corrected chi connectivity index (χ0v) is 11.2. The number of benzene rings is 2. The van der Waals surface area contributed by atoms with Crippen molar-refractivity contribution in [3.8, 4) is 0 Å². The number of fused-ring (bicyclic) bond motifs is 1. The topological polar surface area (TPSA) is 17.1 Å². The van der Waals surface area contributed by atoms with Gasteiger partial charge in [-0.2, -0.15) is 0 Å². The van der Waals surface area contributed by atoms with E-state index >= 15 is 0 Å². The Balaban J connectivity index is 1.98. The van der Waals surface area contributed by atoms with Crippen LogP contribution in [0, 0.1) is 11.6 Å². The molecule has 0 unspecified atom stereocenters. The first-order chi connectivity index (χ1) is 9.65. The Kier molecular flexibility index (Phi) is 3.40. The summed E-state index contributed by atoms with van der Waals surface area (Å²) in [4.78, 5) is 12.7. The minimum absolute atomic E-state index is 0.164. The van der Waals surface area contributed by atoms with E-state index in [9.17, 15) is 13.6 Å². The zero-order chi connectivity index (χ0) is 14.1. The van der Waals surface area contributed by atoms with Crippen LogP contribution < -0.4 is 0 Å². The lowest BCUT2D eigenvalue weighted by molar-refractivity contribution is 0.103. The van der Waals surface area contributed by atoms with Crippen molar-refractivity contribution in [3.05, 3.63) is 70.8 Å². The first-order valence-corrected chi connectivity index (χ1v) is 7.06. The first-order valence-electron chi connectivity index (χ1n) is 6.07. The minimum Gasteiger partial charge on any atom is -0.289 e. The van der Waals surface area contributed by atoms with E-state index in [0.29, 0.717) is 21.8 Å². The molecule has 0 radical (unpaired) electrons. The minimum atomic E-state index is -0.360. The summed E-state index contributed by atoms with van der Waals surface area (Å²) in [6.45, 7) is 0. The quantitative estimate of drug-likeness (QED) is 0.726. The van der Waals surface area contributed by atoms with Crippen LogP contribution in [0.1, 0.15) is 15.9 Å². The maximum Gasteiger partial charge on any atom is 0.191 e. The van der Waals surface area contributed by atoms with Crippen molar-refractivity contribution >= 4 is 23.6 Å². The molecule has 100 valence electrons. The normalized spacial score (nSPS) is 16.3. The molecule has 0 saturated carbocycles. The summed E-state index contributed by atoms with van der Waals surface area (Å²) in [5.74, 6) is -0.419. The van der Waals surface area contributed by atoms with Gasteiger partial charge in [-0.3, -0.25) is 4.79 Å². The fraction of sp³-hybridized carbons (Fsp3) is 0.0625. The number of ketones is 1. The second-order valence-electron chi connectivity index (χ2n) is 4.46. The lowest BCUT2D eigenvalue weighted by Crippen LogP contribution is -2.13. The molecule has 0 aliphatic carbocycles. The third kappa shape index (κ3) is 2.39. The molecular weight excluding hydrogens is 278 g/mol. The predicted molar refractivity (Wildman–Crippen MR) is 75.8 cm³/mol. The third-order valence-electron chi connectivity index (χ3n) is 3.09. The Morgan fingerprint density at radius 2 is 1.80 bits per heavy atom. The van der Waals surface area contributed by atoms with E-state index in [1.807, 2.05) is 0 Å². The van der Waals surface area contributed by atoms with Crippen LogP contribution in [0.5, 0.6) is 0 Å². The van der Waals surface area contributed by atoms with Crippen molar-refractivity contribution in [3.63, 3.8) is 0 Å². The average Bonchev–Trinajstić information content (AvgIpc) is 2.45. The molecule has 0 atom stereocenters. The van der Waals surface area contributed by atoms with Crippen molar-refractivity contribution in [2.24, 2.45) is 0 Å². The predicted octanol–water partition coefficient (Wildman–Crippen LogP) is 4.34. The van der Waals surface area contributed by atoms with Gasteiger partial charge in [-0.1, -0.05) is 18.2 Å². The molecule has 3 rings (SSSR count). The Hall–Kier alpha value is -1.94. The van der Waals surface area contributed by atoms with Crippen molar-refractivity contribution in [2.75, 3.05) is 5.75 Å². The summed E-state index contributed by atoms with van der Waals surface area (Å²) in [5, 5.41) is 0. The first kappa shape index (κ1) is 13.1. The van der Waals surface area contributed by atoms with Crippen molar-refractivity contribution in [1.29, 1.82) is 0 Å². The lowest BCUT2D eigenvalue weighted by atomic mass is 10.0. The van der Waals surface area contributed by atoms with Gasteiger partial charge in [-0.15, -0.1) is 11.8 Å². The summed E-state index contributed by atoms with van der Waals surface area (Å²) in [6, 6.07) is 10.4. The molecule has 1 aliphatic rings. The van der Waals surface area contributed by atoms with E-state index in [2.05, 4.69) is 0 Å². The number of halogens is 2. The summed E-state index contributed by atoms with van der Waals surface area (Å²) in [7, 11) is 0. The van der Waals surface area contributed by atoms with Gasteiger partial charge in [-0.05, 0) is 35.9 Å². The fourth-order valence-corrected chi connectivity index (χ4v) is 3.13. The van der Waals surface area contributed by atoms with E-state index in [-0.39, 0.29) is 17.4 Å². The zero-order valence-electron chi connectivity index (χ0n) is 10.4. The van der Waals surface area contributed by atoms with Crippen LogP contribution in [0.3, 0.4) is 0 Å². The van der Waals surface area contributed by atoms with Crippen molar-refractivity contribution in [1.82, 2.24) is 0 Å². The Morgan fingerprint density at radius 1 is 1.05 bits per heavy atom. The van der Waals surface area contributed by atoms with E-state index in [0.717, 1.165) is 5.56 Å². The molecule has 0 N–H and O–H groups in total. The van der Waals surface area contributed by atoms with E-state index in [4.69, 9.17) is 0 Å². The van der Waals surface area contributed by atoms with Gasteiger partial charge in [0.15, 0.2) is 5.78 Å². The number of hydrogen-bond acceptors (Lipinski definition) is 2. The molecule has 0 spiro atoms. The molecule has 1 nitrogen and oxygen atoms in total. The largest absolute Gasteiger partial charge is 0.289 e. The maximum atomic E-state index is 13.6. The van der Waals surface area contributed by atoms with Gasteiger partial charge in [0.05, 0.1) is 4.90 Å². The van der Waals surface area contributed by atoms with Crippen LogP contribution in [0.4, 0.5) is 8.78 Å². The third-order valence-corrected chi connectivity index (χ3v) is 4.25. The SMILES string of the molecule is O=C1C(=Cc2ccc(F)cc2)CSc2c(F)cccc21. The highest BCUT2D eigenvalue weighted by molar-refractivity contribution is 7.99. The average molecular weight is 288 g/mol. The van der Waals surface area contributed by atoms with Gasteiger partial charge in [0.1, 0.15) is 11.6 Å². The van der Waals surface area contributed by atoms with E-state index in [1.54, 1.807) is 24.3 Å². The lowest BCUT2D eigenvalue weighted by Gasteiger charge is -2.17. The second-order valence-corrected chi connectivity index (χ2v) is 5.44. The van der Waals surface area contributed by atoms with E-state index in [1.165, 1.54) is 36.0 Å². The van der Waals surface area contributed by atoms with Crippen LogP contribution in [0.2, 0.25) is 0 Å². The summed E-state index contributed by atoms with van der Waals surface area (Å²) in [5.41, 5.74) is 1.75. The van der Waals surface area contributed by atoms with Gasteiger partial charge >= 0.3 is 0 Å². The molecule has 0 saturated heterocycles. The van der Waals surface area contributed by atoms with Crippen LogP contribution in [0.25, 0.3) is 6.08 Å². The Morgan fingerprint density at radius 3 is 2.55 bits per heavy atom. The number of carbonyl (C=O) groups is 1. The molecular formula is C16H10F2OS. The fourth-order valence-electron chi connectivity index (χ4n) is 2.09. The van der Waals surface area contributed by atoms with Gasteiger partial charge in [0.25, 0.3) is 0 Å². The molecule has 1 heterocycles. The number of thioether (sulfide) groups is 1. The van der Waals surface area contributed by atoms with Gasteiger partial charge in [-0.25, -0.2) is 8.78 Å². The summed E-state index contributed by atoms with van der Waals surface area (Å²) < 4.78 is 26.5. The smallest absolute Gasteiger partial charge is 0.191 e. The molecule has 0 aromatic heterocycles. The van der Waals surface area contributed by atoms with Gasteiger partial charge in [0.2, 0.25) is 0 Å². The standard InChI is InChI=1S/C16H10F2OS/c17-12-6-4-10(5-7-12)8-11-9-20-16-13(15(11)19)2-1-3-14(16)18/h1-8H,9H2. The highest BCUT2D eigenvalue weighted by atomic mass is 32.2. The van der Waals surface area contributed by atoms with Crippen LogP contribution in [0.15, 0.2) is 52.9 Å². The molecule has 2 aromatic rings. The van der Waals surface area contributed by atoms with Crippen molar-refractivity contribution in [2.45, 2.75) is 4.90 Å². The molecule has 4 heteroatoms. The number of rotatable bonds is 1. The molecule has 2 aromatic carbocycles. The molecule has 1 aliphatic heterocycles. The second kappa shape index (κ2) is 5.21. The number of hydrogen-bond donors (Lipinski definition) is 0.